The molecule has 4 atom stereocenters. The monoisotopic (exact) mass is 307 g/mol. The molecule has 10 heteroatoms. The Kier molecular flexibility index (Phi) is 3.15. The predicted octanol–water partition coefficient (Wildman–Crippen LogP) is -2.68. The van der Waals surface area contributed by atoms with Crippen LogP contribution >= 0.6 is 0 Å². The summed E-state index contributed by atoms with van der Waals surface area (Å²) in [4.78, 5) is 21.8. The molecule has 22 heavy (non-hydrogen) atoms. The van der Waals surface area contributed by atoms with Gasteiger partial charge in [0, 0.05) is 0 Å². The number of nitrogens with two attached hydrogens (primary N) is 1. The van der Waals surface area contributed by atoms with Gasteiger partial charge in [0.15, 0.2) is 23.0 Å². The Bertz CT molecular complexity index is 823. The van der Waals surface area contributed by atoms with Crippen molar-refractivity contribution in [3.05, 3.63) is 16.7 Å². The van der Waals surface area contributed by atoms with E-state index in [9.17, 15) is 20.1 Å². The first-order chi connectivity index (χ1) is 10.4. The minimum atomic E-state index is -2.08. The molecule has 0 aromatic carbocycles. The first-order valence-electron chi connectivity index (χ1n) is 6.29. The van der Waals surface area contributed by atoms with Crippen molar-refractivity contribution >= 4 is 17.1 Å². The van der Waals surface area contributed by atoms with Gasteiger partial charge in [-0.15, -0.1) is 6.42 Å². The lowest BCUT2D eigenvalue weighted by atomic mass is 9.93. The lowest BCUT2D eigenvalue weighted by molar-refractivity contribution is -0.0605. The van der Waals surface area contributed by atoms with E-state index in [4.69, 9.17) is 16.9 Å². The molecule has 1 fully saturated rings. The van der Waals surface area contributed by atoms with Gasteiger partial charge in [-0.1, -0.05) is 5.92 Å². The second kappa shape index (κ2) is 4.79. The lowest BCUT2D eigenvalue weighted by Gasteiger charge is -2.23. The zero-order valence-electron chi connectivity index (χ0n) is 11.2. The van der Waals surface area contributed by atoms with Crippen LogP contribution in [0.15, 0.2) is 11.1 Å². The fourth-order valence-corrected chi connectivity index (χ4v) is 2.46. The standard InChI is InChI=1S/C12H13N5O5/c1-2-12(21)5(3-18)22-10(7(12)19)17-4-14-6-8(17)15-11(13)16-9(6)20/h1,4-5,7,10,18-19,21H,3H2,(H3,13,15,16,20)/t5-,7-,10-,12?/m1/s1. The largest absolute Gasteiger partial charge is 0.394 e. The van der Waals surface area contributed by atoms with Gasteiger partial charge in [0.1, 0.15) is 12.2 Å². The van der Waals surface area contributed by atoms with Crippen LogP contribution in [0.25, 0.3) is 11.2 Å². The van der Waals surface area contributed by atoms with Crippen LogP contribution in [-0.2, 0) is 4.74 Å². The molecule has 1 saturated heterocycles. The van der Waals surface area contributed by atoms with Gasteiger partial charge in [-0.3, -0.25) is 14.3 Å². The average Bonchev–Trinajstić information content (AvgIpc) is 3.00. The molecule has 0 radical (unpaired) electrons. The summed E-state index contributed by atoms with van der Waals surface area (Å²) in [5, 5.41) is 29.8. The van der Waals surface area contributed by atoms with Gasteiger partial charge in [0.25, 0.3) is 5.56 Å². The maximum Gasteiger partial charge on any atom is 0.280 e. The van der Waals surface area contributed by atoms with Crippen LogP contribution in [0.4, 0.5) is 5.95 Å². The van der Waals surface area contributed by atoms with Crippen LogP contribution in [0, 0.1) is 12.3 Å². The number of rotatable bonds is 2. The van der Waals surface area contributed by atoms with Crippen molar-refractivity contribution in [2.24, 2.45) is 0 Å². The van der Waals surface area contributed by atoms with Gasteiger partial charge in [-0.25, -0.2) is 4.98 Å². The smallest absolute Gasteiger partial charge is 0.280 e. The molecular formula is C12H13N5O5. The molecule has 0 amide bonds. The normalized spacial score (nSPS) is 31.5. The Balaban J connectivity index is 2.13. The van der Waals surface area contributed by atoms with E-state index < -0.39 is 36.2 Å². The number of hydrogen-bond donors (Lipinski definition) is 5. The number of nitrogens with one attached hydrogen (secondary N) is 1. The van der Waals surface area contributed by atoms with Crippen molar-refractivity contribution in [1.82, 2.24) is 19.5 Å². The van der Waals surface area contributed by atoms with Crippen LogP contribution in [0.1, 0.15) is 6.23 Å². The highest BCUT2D eigenvalue weighted by Gasteiger charge is 2.55. The number of aromatic nitrogens is 4. The Morgan fingerprint density at radius 1 is 1.64 bits per heavy atom. The van der Waals surface area contributed by atoms with Gasteiger partial charge < -0.3 is 25.8 Å². The number of fused-ring (bicyclic) bond motifs is 1. The maximum atomic E-state index is 11.7. The molecule has 0 bridgehead atoms. The Morgan fingerprint density at radius 3 is 2.95 bits per heavy atom. The van der Waals surface area contributed by atoms with E-state index in [2.05, 4.69) is 15.0 Å². The molecule has 3 rings (SSSR count). The summed E-state index contributed by atoms with van der Waals surface area (Å²) in [6, 6.07) is 0. The number of terminal acetylenes is 1. The Morgan fingerprint density at radius 2 is 2.36 bits per heavy atom. The van der Waals surface area contributed by atoms with Crippen LogP contribution in [0.3, 0.4) is 0 Å². The number of aliphatic hydroxyl groups is 3. The SMILES string of the molecule is C#CC1(O)[C@H](O)[C@H](n2cnc3c(=O)[nH]c(N)nc32)O[C@@H]1CO. The molecule has 6 N–H and O–H groups in total. The van der Waals surface area contributed by atoms with Gasteiger partial charge in [0.2, 0.25) is 5.95 Å². The molecule has 1 unspecified atom stereocenters. The number of imidazole rings is 1. The van der Waals surface area contributed by atoms with E-state index in [-0.39, 0.29) is 17.1 Å². The van der Waals surface area contributed by atoms with Gasteiger partial charge in [-0.05, 0) is 0 Å². The lowest BCUT2D eigenvalue weighted by Crippen LogP contribution is -2.47. The number of aromatic amines is 1. The fraction of sp³-hybridized carbons (Fsp3) is 0.417. The summed E-state index contributed by atoms with van der Waals surface area (Å²) in [6.45, 7) is -0.600. The van der Waals surface area contributed by atoms with Crippen LogP contribution in [0.2, 0.25) is 0 Å². The average molecular weight is 307 g/mol. The minimum absolute atomic E-state index is 0.0123. The number of aliphatic hydroxyl groups excluding tert-OH is 2. The van der Waals surface area contributed by atoms with Crippen molar-refractivity contribution < 1.29 is 20.1 Å². The summed E-state index contributed by atoms with van der Waals surface area (Å²) in [7, 11) is 0. The molecule has 2 aromatic rings. The summed E-state index contributed by atoms with van der Waals surface area (Å²) in [5.41, 5.74) is 2.90. The summed E-state index contributed by atoms with van der Waals surface area (Å²) in [5.74, 6) is 1.89. The topological polar surface area (TPSA) is 160 Å². The number of H-pyrrole nitrogens is 1. The van der Waals surface area contributed by atoms with Crippen LogP contribution in [-0.4, -0.2) is 59.3 Å². The summed E-state index contributed by atoms with van der Waals surface area (Å²) >= 11 is 0. The second-order valence-electron chi connectivity index (χ2n) is 4.89. The minimum Gasteiger partial charge on any atom is -0.394 e. The van der Waals surface area contributed by atoms with Gasteiger partial charge in [-0.2, -0.15) is 4.98 Å². The van der Waals surface area contributed by atoms with Crippen LogP contribution in [0.5, 0.6) is 0 Å². The quantitative estimate of drug-likeness (QED) is 0.375. The third kappa shape index (κ3) is 1.81. The van der Waals surface area contributed by atoms with E-state index in [1.807, 2.05) is 5.92 Å². The Labute approximate surface area is 123 Å². The molecule has 0 saturated carbocycles. The fourth-order valence-electron chi connectivity index (χ4n) is 2.46. The third-order valence-corrected chi connectivity index (χ3v) is 3.64. The highest BCUT2D eigenvalue weighted by Crippen LogP contribution is 2.37. The zero-order chi connectivity index (χ0) is 16.1. The molecule has 116 valence electrons. The molecule has 1 aliphatic rings. The maximum absolute atomic E-state index is 11.7. The highest BCUT2D eigenvalue weighted by atomic mass is 16.6. The first kappa shape index (κ1) is 14.5. The third-order valence-electron chi connectivity index (χ3n) is 3.64. The predicted molar refractivity (Wildman–Crippen MR) is 73.3 cm³/mol. The van der Waals surface area contributed by atoms with Crippen LogP contribution < -0.4 is 11.3 Å². The molecule has 2 aromatic heterocycles. The molecule has 1 aliphatic heterocycles. The van der Waals surface area contributed by atoms with E-state index in [0.29, 0.717) is 0 Å². The van der Waals surface area contributed by atoms with E-state index in [0.717, 1.165) is 0 Å². The van der Waals surface area contributed by atoms with Crippen molar-refractivity contribution in [3.63, 3.8) is 0 Å². The highest BCUT2D eigenvalue weighted by molar-refractivity contribution is 5.70. The summed E-state index contributed by atoms with van der Waals surface area (Å²) in [6.07, 6.45) is 2.50. The molecule has 3 heterocycles. The van der Waals surface area contributed by atoms with Crippen molar-refractivity contribution in [2.45, 2.75) is 24.0 Å². The molecule has 0 spiro atoms. The van der Waals surface area contributed by atoms with Gasteiger partial charge >= 0.3 is 0 Å². The van der Waals surface area contributed by atoms with E-state index >= 15 is 0 Å². The molecule has 0 aliphatic carbocycles. The van der Waals surface area contributed by atoms with E-state index in [1.165, 1.54) is 10.9 Å². The number of nitrogen functional groups attached to an aromatic ring is 1. The van der Waals surface area contributed by atoms with Crippen molar-refractivity contribution in [3.8, 4) is 12.3 Å². The number of nitrogens with zero attached hydrogens (tertiary/aromatic N) is 3. The Hall–Kier alpha value is -2.45. The van der Waals surface area contributed by atoms with Crippen molar-refractivity contribution in [2.75, 3.05) is 12.3 Å². The van der Waals surface area contributed by atoms with E-state index in [1.54, 1.807) is 0 Å². The first-order valence-corrected chi connectivity index (χ1v) is 6.29. The molecular weight excluding hydrogens is 294 g/mol. The van der Waals surface area contributed by atoms with Crippen molar-refractivity contribution in [1.29, 1.82) is 0 Å². The zero-order valence-corrected chi connectivity index (χ0v) is 11.2. The van der Waals surface area contributed by atoms with Gasteiger partial charge in [0.05, 0.1) is 12.9 Å². The summed E-state index contributed by atoms with van der Waals surface area (Å²) < 4.78 is 6.62. The molecule has 10 nitrogen and oxygen atoms in total. The number of anilines is 1. The number of hydrogen-bond acceptors (Lipinski definition) is 8. The number of ether oxygens (including phenoxy) is 1. The second-order valence-corrected chi connectivity index (χ2v) is 4.89.